The summed E-state index contributed by atoms with van der Waals surface area (Å²) in [6.45, 7) is 0. The molecule has 0 saturated heterocycles. The molecule has 0 fully saturated rings. The van der Waals surface area contributed by atoms with E-state index in [1.807, 2.05) is 0 Å². The fourth-order valence-corrected chi connectivity index (χ4v) is 1.69. The molecule has 0 spiro atoms. The summed E-state index contributed by atoms with van der Waals surface area (Å²) in [5, 5.41) is 12.2. The molecule has 98 valence electrons. The number of methoxy groups -OCH3 is 1. The number of aromatic nitrogens is 1. The number of carboxylic acids is 1. The van der Waals surface area contributed by atoms with Crippen LogP contribution in [0.25, 0.3) is 0 Å². The minimum Gasteiger partial charge on any atom is -0.497 e. The van der Waals surface area contributed by atoms with Crippen molar-refractivity contribution >= 4 is 29.1 Å². The molecule has 0 amide bonds. The maximum Gasteiger partial charge on any atom is 0.339 e. The number of carbonyl (C=O) groups is 1. The molecule has 0 unspecified atom stereocenters. The Morgan fingerprint density at radius 1 is 1.37 bits per heavy atom. The maximum absolute atomic E-state index is 11.1. The van der Waals surface area contributed by atoms with Crippen molar-refractivity contribution in [2.45, 2.75) is 0 Å². The lowest BCUT2D eigenvalue weighted by Gasteiger charge is -2.10. The predicted molar refractivity (Wildman–Crippen MR) is 72.5 cm³/mol. The summed E-state index contributed by atoms with van der Waals surface area (Å²) < 4.78 is 5.09. The van der Waals surface area contributed by atoms with Crippen LogP contribution in [0.15, 0.2) is 36.4 Å². The molecule has 2 aromatic rings. The highest BCUT2D eigenvalue weighted by molar-refractivity contribution is 6.29. The van der Waals surface area contributed by atoms with Crippen molar-refractivity contribution < 1.29 is 14.6 Å². The SMILES string of the molecule is COc1cccc(Nc2nc(Cl)ccc2C(=O)O)c1. The highest BCUT2D eigenvalue weighted by Gasteiger charge is 2.12. The lowest BCUT2D eigenvalue weighted by molar-refractivity contribution is 0.0697. The molecule has 1 aromatic heterocycles. The average molecular weight is 279 g/mol. The van der Waals surface area contributed by atoms with E-state index in [2.05, 4.69) is 10.3 Å². The first-order valence-corrected chi connectivity index (χ1v) is 5.79. The first kappa shape index (κ1) is 13.2. The molecule has 2 N–H and O–H groups in total. The van der Waals surface area contributed by atoms with Crippen LogP contribution in [0.3, 0.4) is 0 Å². The maximum atomic E-state index is 11.1. The summed E-state index contributed by atoms with van der Waals surface area (Å²) in [5.41, 5.74) is 0.712. The second-order valence-corrected chi connectivity index (χ2v) is 4.08. The van der Waals surface area contributed by atoms with Gasteiger partial charge in [-0.15, -0.1) is 0 Å². The van der Waals surface area contributed by atoms with Crippen LogP contribution >= 0.6 is 11.6 Å². The van der Waals surface area contributed by atoms with Crippen LogP contribution in [0.1, 0.15) is 10.4 Å². The topological polar surface area (TPSA) is 71.5 Å². The van der Waals surface area contributed by atoms with Gasteiger partial charge in [0, 0.05) is 11.8 Å². The lowest BCUT2D eigenvalue weighted by atomic mass is 10.2. The van der Waals surface area contributed by atoms with Gasteiger partial charge >= 0.3 is 5.97 Å². The molecule has 5 nitrogen and oxygen atoms in total. The molecule has 2 rings (SSSR count). The number of rotatable bonds is 4. The summed E-state index contributed by atoms with van der Waals surface area (Å²) in [5.74, 6) is -0.230. The van der Waals surface area contributed by atoms with Crippen LogP contribution < -0.4 is 10.1 Å². The standard InChI is InChI=1S/C13H11ClN2O3/c1-19-9-4-2-3-8(7-9)15-12-10(13(17)18)5-6-11(14)16-12/h2-7H,1H3,(H,15,16)(H,17,18). The summed E-state index contributed by atoms with van der Waals surface area (Å²) in [4.78, 5) is 15.1. The van der Waals surface area contributed by atoms with Gasteiger partial charge in [0.15, 0.2) is 0 Å². The van der Waals surface area contributed by atoms with Crippen LogP contribution in [0.2, 0.25) is 5.15 Å². The molecule has 19 heavy (non-hydrogen) atoms. The van der Waals surface area contributed by atoms with Gasteiger partial charge in [0.05, 0.1) is 7.11 Å². The number of aromatic carboxylic acids is 1. The molecular weight excluding hydrogens is 268 g/mol. The third-order valence-electron chi connectivity index (χ3n) is 2.42. The summed E-state index contributed by atoms with van der Waals surface area (Å²) in [7, 11) is 1.55. The van der Waals surface area contributed by atoms with Gasteiger partial charge in [-0.2, -0.15) is 0 Å². The molecule has 0 aliphatic heterocycles. The number of halogens is 1. The molecular formula is C13H11ClN2O3. The van der Waals surface area contributed by atoms with Crippen molar-refractivity contribution in [1.29, 1.82) is 0 Å². The number of nitrogens with zero attached hydrogens (tertiary/aromatic N) is 1. The van der Waals surface area contributed by atoms with E-state index in [-0.39, 0.29) is 16.5 Å². The fraction of sp³-hybridized carbons (Fsp3) is 0.0769. The van der Waals surface area contributed by atoms with Gasteiger partial charge in [0.1, 0.15) is 22.3 Å². The molecule has 0 aliphatic carbocycles. The molecule has 1 aromatic carbocycles. The van der Waals surface area contributed by atoms with Gasteiger partial charge in [-0.25, -0.2) is 9.78 Å². The fourth-order valence-electron chi connectivity index (χ4n) is 1.54. The minimum absolute atomic E-state index is 0.0484. The van der Waals surface area contributed by atoms with Crippen LogP contribution in [0, 0.1) is 0 Å². The Hall–Kier alpha value is -2.27. The zero-order chi connectivity index (χ0) is 13.8. The van der Waals surface area contributed by atoms with Crippen molar-refractivity contribution in [2.24, 2.45) is 0 Å². The van der Waals surface area contributed by atoms with E-state index in [0.717, 1.165) is 0 Å². The van der Waals surface area contributed by atoms with Crippen LogP contribution in [0.4, 0.5) is 11.5 Å². The van der Waals surface area contributed by atoms with Crippen LogP contribution in [-0.4, -0.2) is 23.2 Å². The van der Waals surface area contributed by atoms with E-state index in [1.54, 1.807) is 31.4 Å². The zero-order valence-electron chi connectivity index (χ0n) is 10.1. The number of benzene rings is 1. The lowest BCUT2D eigenvalue weighted by Crippen LogP contribution is -2.05. The second kappa shape index (κ2) is 5.58. The van der Waals surface area contributed by atoms with Crippen molar-refractivity contribution in [3.05, 3.63) is 47.1 Å². The Kier molecular flexibility index (Phi) is 3.87. The van der Waals surface area contributed by atoms with Gasteiger partial charge < -0.3 is 15.2 Å². The van der Waals surface area contributed by atoms with Crippen molar-refractivity contribution in [2.75, 3.05) is 12.4 Å². The number of anilines is 2. The van der Waals surface area contributed by atoms with Crippen molar-refractivity contribution in [3.63, 3.8) is 0 Å². The third kappa shape index (κ3) is 3.14. The van der Waals surface area contributed by atoms with E-state index in [1.165, 1.54) is 12.1 Å². The Morgan fingerprint density at radius 3 is 2.84 bits per heavy atom. The highest BCUT2D eigenvalue weighted by Crippen LogP contribution is 2.24. The Labute approximate surface area is 114 Å². The smallest absolute Gasteiger partial charge is 0.339 e. The summed E-state index contributed by atoms with van der Waals surface area (Å²) >= 11 is 5.78. The quantitative estimate of drug-likeness (QED) is 0.841. The molecule has 6 heteroatoms. The van der Waals surface area contributed by atoms with Crippen molar-refractivity contribution in [1.82, 2.24) is 4.98 Å². The monoisotopic (exact) mass is 278 g/mol. The Balaban J connectivity index is 2.36. The van der Waals surface area contributed by atoms with E-state index in [9.17, 15) is 4.79 Å². The van der Waals surface area contributed by atoms with E-state index in [4.69, 9.17) is 21.4 Å². The van der Waals surface area contributed by atoms with Crippen LogP contribution in [-0.2, 0) is 0 Å². The van der Waals surface area contributed by atoms with Gasteiger partial charge in [-0.1, -0.05) is 17.7 Å². The molecule has 0 aliphatic rings. The summed E-state index contributed by atoms with van der Waals surface area (Å²) in [6, 6.07) is 9.91. The number of hydrogen-bond donors (Lipinski definition) is 2. The van der Waals surface area contributed by atoms with Crippen molar-refractivity contribution in [3.8, 4) is 5.75 Å². The first-order chi connectivity index (χ1) is 9.10. The van der Waals surface area contributed by atoms with Crippen LogP contribution in [0.5, 0.6) is 5.75 Å². The molecule has 0 radical (unpaired) electrons. The number of nitrogens with one attached hydrogen (secondary N) is 1. The number of carboxylic acid groups (broad SMARTS) is 1. The normalized spacial score (nSPS) is 10.0. The molecule has 0 atom stereocenters. The van der Waals surface area contributed by atoms with Gasteiger partial charge in [-0.05, 0) is 24.3 Å². The number of pyridine rings is 1. The molecule has 0 bridgehead atoms. The molecule has 0 saturated carbocycles. The summed E-state index contributed by atoms with van der Waals surface area (Å²) in [6.07, 6.45) is 0. The second-order valence-electron chi connectivity index (χ2n) is 3.69. The number of hydrogen-bond acceptors (Lipinski definition) is 4. The first-order valence-electron chi connectivity index (χ1n) is 5.41. The average Bonchev–Trinajstić information content (AvgIpc) is 2.38. The molecule has 1 heterocycles. The highest BCUT2D eigenvalue weighted by atomic mass is 35.5. The number of ether oxygens (including phenoxy) is 1. The largest absolute Gasteiger partial charge is 0.497 e. The Morgan fingerprint density at radius 2 is 2.16 bits per heavy atom. The Bertz CT molecular complexity index is 617. The van der Waals surface area contributed by atoms with Gasteiger partial charge in [0.25, 0.3) is 0 Å². The third-order valence-corrected chi connectivity index (χ3v) is 2.63. The van der Waals surface area contributed by atoms with Gasteiger partial charge in [-0.3, -0.25) is 0 Å². The van der Waals surface area contributed by atoms with E-state index >= 15 is 0 Å². The zero-order valence-corrected chi connectivity index (χ0v) is 10.8. The predicted octanol–water partition coefficient (Wildman–Crippen LogP) is 3.19. The van der Waals surface area contributed by atoms with Gasteiger partial charge in [0.2, 0.25) is 0 Å². The minimum atomic E-state index is -1.07. The van der Waals surface area contributed by atoms with E-state index in [0.29, 0.717) is 11.4 Å². The van der Waals surface area contributed by atoms with E-state index < -0.39 is 5.97 Å².